The molecule has 0 aliphatic heterocycles. The molecule has 0 atom stereocenters. The molecule has 0 aromatic carbocycles. The summed E-state index contributed by atoms with van der Waals surface area (Å²) in [6, 6.07) is -1.05. The van der Waals surface area contributed by atoms with E-state index in [9.17, 15) is 14.4 Å². The third kappa shape index (κ3) is 4.45. The summed E-state index contributed by atoms with van der Waals surface area (Å²) in [4.78, 5) is 30.8. The Hall–Kier alpha value is -1.37. The fraction of sp³-hybridized carbons (Fsp3) is 0. The lowest BCUT2D eigenvalue weighted by Crippen LogP contribution is -2.35. The molecule has 0 unspecified atom stereocenters. The van der Waals surface area contributed by atoms with Crippen LogP contribution in [0.15, 0.2) is 10.6 Å². The number of carbonyl (C=O) groups excluding carboxylic acids is 2. The summed E-state index contributed by atoms with van der Waals surface area (Å²) in [5, 5.41) is 9.83. The molecular weight excluding hydrogens is 232 g/mol. The number of carbonyl (C=O) groups is 3. The molecule has 0 heterocycles. The highest BCUT2D eigenvalue weighted by molar-refractivity contribution is 9.12. The Balaban J connectivity index is 4.29. The molecule has 0 fully saturated rings. The van der Waals surface area contributed by atoms with Gasteiger partial charge in [0.2, 0.25) is 0 Å². The first-order valence-corrected chi connectivity index (χ1v) is 3.43. The first kappa shape index (κ1) is 10.6. The second-order valence-corrected chi connectivity index (χ2v) is 2.50. The molecule has 0 saturated carbocycles. The van der Waals surface area contributed by atoms with Gasteiger partial charge in [0, 0.05) is 6.08 Å². The maximum atomic E-state index is 10.7. The van der Waals surface area contributed by atoms with Crippen LogP contribution in [0.2, 0.25) is 0 Å². The van der Waals surface area contributed by atoms with Crippen LogP contribution in [0.25, 0.3) is 0 Å². The highest BCUT2D eigenvalue weighted by atomic mass is 79.9. The van der Waals surface area contributed by atoms with Crippen molar-refractivity contribution < 1.29 is 19.5 Å². The van der Waals surface area contributed by atoms with E-state index in [-0.39, 0.29) is 4.48 Å². The number of carboxylic acid groups (broad SMARTS) is 1. The van der Waals surface area contributed by atoms with Gasteiger partial charge in [-0.15, -0.1) is 0 Å². The number of amides is 3. The van der Waals surface area contributed by atoms with Crippen LogP contribution >= 0.6 is 15.9 Å². The number of primary amides is 1. The lowest BCUT2D eigenvalue weighted by atomic mass is 10.5. The van der Waals surface area contributed by atoms with E-state index in [1.807, 2.05) is 0 Å². The van der Waals surface area contributed by atoms with Crippen LogP contribution in [0.4, 0.5) is 4.79 Å². The van der Waals surface area contributed by atoms with Gasteiger partial charge in [-0.05, 0) is 15.9 Å². The van der Waals surface area contributed by atoms with Gasteiger partial charge in [-0.1, -0.05) is 0 Å². The van der Waals surface area contributed by atoms with E-state index in [0.29, 0.717) is 6.08 Å². The predicted octanol–water partition coefficient (Wildman–Crippen LogP) is -0.455. The summed E-state index contributed by atoms with van der Waals surface area (Å²) < 4.78 is -0.284. The fourth-order valence-electron chi connectivity index (χ4n) is 0.346. The summed E-state index contributed by atoms with van der Waals surface area (Å²) in [6.07, 6.45) is 0.596. The normalized spacial score (nSPS) is 10.6. The van der Waals surface area contributed by atoms with Gasteiger partial charge in [0.1, 0.15) is 0 Å². The third-order valence-corrected chi connectivity index (χ3v) is 1.29. The van der Waals surface area contributed by atoms with Crippen LogP contribution in [0.5, 0.6) is 0 Å². The van der Waals surface area contributed by atoms with Gasteiger partial charge >= 0.3 is 12.0 Å². The lowest BCUT2D eigenvalue weighted by molar-refractivity contribution is -0.131. The Labute approximate surface area is 75.5 Å². The maximum absolute atomic E-state index is 10.7. The van der Waals surface area contributed by atoms with Crippen LogP contribution < -0.4 is 11.1 Å². The molecule has 0 aliphatic carbocycles. The highest BCUT2D eigenvalue weighted by Crippen LogP contribution is 2.03. The molecule has 0 spiro atoms. The lowest BCUT2D eigenvalue weighted by Gasteiger charge is -1.96. The molecule has 0 radical (unpaired) electrons. The van der Waals surface area contributed by atoms with Gasteiger partial charge in [-0.2, -0.15) is 0 Å². The molecule has 0 bridgehead atoms. The summed E-state index contributed by atoms with van der Waals surface area (Å²) in [5.74, 6) is -2.20. The van der Waals surface area contributed by atoms with E-state index in [0.717, 1.165) is 0 Å². The molecule has 7 heteroatoms. The smallest absolute Gasteiger partial charge is 0.329 e. The minimum atomic E-state index is -1.30. The Morgan fingerprint density at radius 2 is 1.92 bits per heavy atom. The molecule has 66 valence electrons. The molecule has 12 heavy (non-hydrogen) atoms. The first-order valence-electron chi connectivity index (χ1n) is 2.64. The SMILES string of the molecule is NC(=O)NC(=O)/C(Br)=C/C(=O)O. The van der Waals surface area contributed by atoms with Crippen molar-refractivity contribution in [3.8, 4) is 0 Å². The monoisotopic (exact) mass is 236 g/mol. The number of imide groups is 1. The largest absolute Gasteiger partial charge is 0.478 e. The Kier molecular flexibility index (Phi) is 3.98. The quantitative estimate of drug-likeness (QED) is 0.564. The zero-order valence-electron chi connectivity index (χ0n) is 5.70. The van der Waals surface area contributed by atoms with Crippen molar-refractivity contribution in [2.75, 3.05) is 0 Å². The molecular formula is C5H5BrN2O4. The highest BCUT2D eigenvalue weighted by Gasteiger charge is 2.08. The topological polar surface area (TPSA) is 109 Å². The van der Waals surface area contributed by atoms with Crippen molar-refractivity contribution in [1.29, 1.82) is 0 Å². The van der Waals surface area contributed by atoms with Gasteiger partial charge in [-0.3, -0.25) is 10.1 Å². The van der Waals surface area contributed by atoms with Crippen LogP contribution in [0, 0.1) is 0 Å². The first-order chi connectivity index (χ1) is 5.43. The summed E-state index contributed by atoms with van der Waals surface area (Å²) >= 11 is 2.63. The van der Waals surface area contributed by atoms with Gasteiger partial charge in [-0.25, -0.2) is 9.59 Å². The van der Waals surface area contributed by atoms with Crippen molar-refractivity contribution in [3.05, 3.63) is 10.6 Å². The number of rotatable bonds is 2. The average molecular weight is 237 g/mol. The predicted molar refractivity (Wildman–Crippen MR) is 42.4 cm³/mol. The van der Waals surface area contributed by atoms with Crippen LogP contribution in [0.1, 0.15) is 0 Å². The third-order valence-electron chi connectivity index (χ3n) is 0.704. The van der Waals surface area contributed by atoms with Crippen molar-refractivity contribution in [2.45, 2.75) is 0 Å². The number of hydrogen-bond acceptors (Lipinski definition) is 3. The van der Waals surface area contributed by atoms with Crippen LogP contribution in [-0.2, 0) is 9.59 Å². The van der Waals surface area contributed by atoms with Crippen molar-refractivity contribution in [3.63, 3.8) is 0 Å². The van der Waals surface area contributed by atoms with Crippen molar-refractivity contribution in [2.24, 2.45) is 5.73 Å². The number of halogens is 1. The van der Waals surface area contributed by atoms with Crippen LogP contribution in [-0.4, -0.2) is 23.0 Å². The summed E-state index contributed by atoms with van der Waals surface area (Å²) in [5.41, 5.74) is 4.60. The van der Waals surface area contributed by atoms with E-state index in [1.54, 1.807) is 5.32 Å². The molecule has 0 saturated heterocycles. The number of nitrogens with one attached hydrogen (secondary N) is 1. The summed E-state index contributed by atoms with van der Waals surface area (Å²) in [7, 11) is 0. The van der Waals surface area contributed by atoms with Gasteiger partial charge < -0.3 is 10.8 Å². The maximum Gasteiger partial charge on any atom is 0.329 e. The minimum absolute atomic E-state index is 0.284. The van der Waals surface area contributed by atoms with E-state index in [2.05, 4.69) is 21.7 Å². The average Bonchev–Trinajstić information content (AvgIpc) is 1.84. The zero-order chi connectivity index (χ0) is 9.72. The minimum Gasteiger partial charge on any atom is -0.478 e. The molecule has 0 rings (SSSR count). The van der Waals surface area contributed by atoms with Crippen LogP contribution in [0.3, 0.4) is 0 Å². The molecule has 4 N–H and O–H groups in total. The van der Waals surface area contributed by atoms with E-state index < -0.39 is 17.9 Å². The van der Waals surface area contributed by atoms with E-state index >= 15 is 0 Å². The van der Waals surface area contributed by atoms with Gasteiger partial charge in [0.15, 0.2) is 0 Å². The number of hydrogen-bond donors (Lipinski definition) is 3. The Bertz CT molecular complexity index is 260. The van der Waals surface area contributed by atoms with Gasteiger partial charge in [0.05, 0.1) is 4.48 Å². The molecule has 0 aromatic rings. The summed E-state index contributed by atoms with van der Waals surface area (Å²) in [6.45, 7) is 0. The second kappa shape index (κ2) is 4.50. The van der Waals surface area contributed by atoms with E-state index in [4.69, 9.17) is 5.11 Å². The fourth-order valence-corrected chi connectivity index (χ4v) is 0.641. The van der Waals surface area contributed by atoms with Gasteiger partial charge in [0.25, 0.3) is 5.91 Å². The Morgan fingerprint density at radius 3 is 2.25 bits per heavy atom. The molecule has 0 aliphatic rings. The standard InChI is InChI=1S/C5H5BrN2O4/c6-2(1-3(9)10)4(11)8-5(7)12/h1H,(H,9,10)(H3,7,8,11,12)/b2-1-. The number of aliphatic carboxylic acids is 1. The van der Waals surface area contributed by atoms with Crippen molar-refractivity contribution in [1.82, 2.24) is 5.32 Å². The molecule has 0 aromatic heterocycles. The number of nitrogens with two attached hydrogens (primary N) is 1. The zero-order valence-corrected chi connectivity index (χ0v) is 7.29. The molecule has 6 nitrogen and oxygen atoms in total. The Morgan fingerprint density at radius 1 is 1.42 bits per heavy atom. The van der Waals surface area contributed by atoms with Crippen molar-refractivity contribution >= 4 is 33.8 Å². The molecule has 3 amide bonds. The second-order valence-electron chi connectivity index (χ2n) is 1.65. The number of carboxylic acids is 1. The number of urea groups is 1. The van der Waals surface area contributed by atoms with E-state index in [1.165, 1.54) is 0 Å².